The van der Waals surface area contributed by atoms with Crippen molar-refractivity contribution in [3.63, 3.8) is 0 Å². The van der Waals surface area contributed by atoms with Gasteiger partial charge in [0, 0.05) is 37.8 Å². The summed E-state index contributed by atoms with van der Waals surface area (Å²) in [5.41, 5.74) is -0.217. The van der Waals surface area contributed by atoms with Gasteiger partial charge in [-0.15, -0.1) is 11.3 Å². The molecule has 6 nitrogen and oxygen atoms in total. The molecule has 0 aliphatic carbocycles. The van der Waals surface area contributed by atoms with Crippen molar-refractivity contribution in [1.29, 1.82) is 0 Å². The molecule has 0 saturated carbocycles. The Kier molecular flexibility index (Phi) is 3.50. The number of fused-ring (bicyclic) bond motifs is 3. The quantitative estimate of drug-likeness (QED) is 0.739. The molecule has 0 spiro atoms. The third-order valence-electron chi connectivity index (χ3n) is 4.29. The number of piperazine rings is 1. The van der Waals surface area contributed by atoms with E-state index in [1.807, 2.05) is 0 Å². The first-order chi connectivity index (χ1) is 11.6. The number of nitrogens with one attached hydrogen (secondary N) is 1. The number of carboxylic acid groups (broad SMARTS) is 1. The van der Waals surface area contributed by atoms with E-state index < -0.39 is 17.2 Å². The highest BCUT2D eigenvalue weighted by Crippen LogP contribution is 2.31. The van der Waals surface area contributed by atoms with Gasteiger partial charge in [0.25, 0.3) is 0 Å². The highest BCUT2D eigenvalue weighted by Gasteiger charge is 2.25. The van der Waals surface area contributed by atoms with Gasteiger partial charge in [0.05, 0.1) is 16.6 Å². The van der Waals surface area contributed by atoms with Crippen molar-refractivity contribution >= 4 is 38.7 Å². The number of hydrogen-bond acceptors (Lipinski definition) is 5. The summed E-state index contributed by atoms with van der Waals surface area (Å²) < 4.78 is 16.2. The van der Waals surface area contributed by atoms with E-state index in [2.05, 4.69) is 5.32 Å². The van der Waals surface area contributed by atoms with Gasteiger partial charge in [-0.1, -0.05) is 0 Å². The van der Waals surface area contributed by atoms with Crippen molar-refractivity contribution in [3.8, 4) is 0 Å². The molecule has 2 N–H and O–H groups in total. The van der Waals surface area contributed by atoms with E-state index in [4.69, 9.17) is 0 Å². The van der Waals surface area contributed by atoms with Crippen LogP contribution in [0.3, 0.4) is 0 Å². The maximum atomic E-state index is 14.6. The molecule has 124 valence electrons. The van der Waals surface area contributed by atoms with Crippen molar-refractivity contribution in [1.82, 2.24) is 9.72 Å². The summed E-state index contributed by atoms with van der Waals surface area (Å²) in [5.74, 6) is -1.80. The van der Waals surface area contributed by atoms with Crippen LogP contribution in [0.25, 0.3) is 15.7 Å². The minimum absolute atomic E-state index is 0.130. The van der Waals surface area contributed by atoms with Crippen molar-refractivity contribution in [2.24, 2.45) is 0 Å². The Labute approximate surface area is 139 Å². The molecule has 1 aromatic carbocycles. The molecule has 0 radical (unpaired) electrons. The summed E-state index contributed by atoms with van der Waals surface area (Å²) in [6, 6.07) is 2.87. The van der Waals surface area contributed by atoms with E-state index in [0.29, 0.717) is 36.5 Å². The molecule has 1 saturated heterocycles. The van der Waals surface area contributed by atoms with Crippen LogP contribution in [0.4, 0.5) is 10.1 Å². The Morgan fingerprint density at radius 2 is 2.04 bits per heavy atom. The molecule has 0 bridgehead atoms. The van der Waals surface area contributed by atoms with Crippen LogP contribution in [0.2, 0.25) is 0 Å². The summed E-state index contributed by atoms with van der Waals surface area (Å²) in [6.07, 6.45) is 1.70. The predicted molar refractivity (Wildman–Crippen MR) is 91.1 cm³/mol. The van der Waals surface area contributed by atoms with Crippen molar-refractivity contribution in [3.05, 3.63) is 45.3 Å². The number of halogens is 1. The molecule has 1 aliphatic heterocycles. The highest BCUT2D eigenvalue weighted by atomic mass is 32.1. The zero-order valence-electron chi connectivity index (χ0n) is 12.6. The van der Waals surface area contributed by atoms with Gasteiger partial charge in [-0.2, -0.15) is 0 Å². The predicted octanol–water partition coefficient (Wildman–Crippen LogP) is 1.76. The number of benzene rings is 1. The smallest absolute Gasteiger partial charge is 0.342 e. The van der Waals surface area contributed by atoms with Gasteiger partial charge in [-0.3, -0.25) is 4.79 Å². The summed E-state index contributed by atoms with van der Waals surface area (Å²) in [7, 11) is 0. The largest absolute Gasteiger partial charge is 0.477 e. The number of aromatic carboxylic acids is 1. The molecule has 2 aromatic heterocycles. The third kappa shape index (κ3) is 2.10. The molecule has 1 aliphatic rings. The lowest BCUT2D eigenvalue weighted by Crippen LogP contribution is -2.44. The average Bonchev–Trinajstić information content (AvgIpc) is 3.04. The van der Waals surface area contributed by atoms with Crippen LogP contribution in [0, 0.1) is 5.82 Å². The Hall–Kier alpha value is -2.45. The number of rotatable bonds is 2. The minimum atomic E-state index is -1.29. The Morgan fingerprint density at radius 3 is 2.75 bits per heavy atom. The van der Waals surface area contributed by atoms with E-state index >= 15 is 0 Å². The van der Waals surface area contributed by atoms with Gasteiger partial charge >= 0.3 is 5.97 Å². The third-order valence-corrected chi connectivity index (χ3v) is 5.17. The van der Waals surface area contributed by atoms with Crippen LogP contribution in [0.5, 0.6) is 0 Å². The van der Waals surface area contributed by atoms with Crippen LogP contribution in [-0.4, -0.2) is 41.7 Å². The van der Waals surface area contributed by atoms with Gasteiger partial charge in [0.2, 0.25) is 5.43 Å². The fraction of sp³-hybridized carbons (Fsp3) is 0.250. The van der Waals surface area contributed by atoms with Crippen molar-refractivity contribution in [2.45, 2.75) is 0 Å². The molecular formula is C16H14FN3O3S. The van der Waals surface area contributed by atoms with Crippen LogP contribution in [-0.2, 0) is 0 Å². The molecule has 1 fully saturated rings. The first-order valence-electron chi connectivity index (χ1n) is 7.52. The van der Waals surface area contributed by atoms with Gasteiger partial charge in [0.15, 0.2) is 0 Å². The minimum Gasteiger partial charge on any atom is -0.477 e. The lowest BCUT2D eigenvalue weighted by atomic mass is 10.1. The number of carbonyl (C=O) groups is 1. The molecule has 0 atom stereocenters. The second-order valence-corrected chi connectivity index (χ2v) is 6.51. The van der Waals surface area contributed by atoms with Gasteiger partial charge < -0.3 is 19.7 Å². The second-order valence-electron chi connectivity index (χ2n) is 5.61. The van der Waals surface area contributed by atoms with Crippen molar-refractivity contribution in [2.75, 3.05) is 31.1 Å². The van der Waals surface area contributed by atoms with Crippen molar-refractivity contribution < 1.29 is 14.3 Å². The first-order valence-corrected chi connectivity index (χ1v) is 8.40. The summed E-state index contributed by atoms with van der Waals surface area (Å²) >= 11 is 1.18. The zero-order chi connectivity index (χ0) is 16.8. The zero-order valence-corrected chi connectivity index (χ0v) is 13.4. The molecule has 0 unspecified atom stereocenters. The second kappa shape index (κ2) is 5.57. The number of pyridine rings is 1. The first kappa shape index (κ1) is 15.1. The molecular weight excluding hydrogens is 333 g/mol. The lowest BCUT2D eigenvalue weighted by Gasteiger charge is -2.30. The fourth-order valence-corrected chi connectivity index (χ4v) is 4.12. The normalized spacial score (nSPS) is 15.3. The van der Waals surface area contributed by atoms with Crippen LogP contribution in [0.1, 0.15) is 10.4 Å². The van der Waals surface area contributed by atoms with E-state index in [1.165, 1.54) is 23.5 Å². The topological polar surface area (TPSA) is 74.0 Å². The highest BCUT2D eigenvalue weighted by molar-refractivity contribution is 7.16. The van der Waals surface area contributed by atoms with Crippen LogP contribution >= 0.6 is 11.3 Å². The van der Waals surface area contributed by atoms with Gasteiger partial charge in [-0.25, -0.2) is 9.18 Å². The molecule has 3 heterocycles. The monoisotopic (exact) mass is 347 g/mol. The maximum Gasteiger partial charge on any atom is 0.342 e. The summed E-state index contributed by atoms with van der Waals surface area (Å²) in [4.78, 5) is 26.7. The maximum absolute atomic E-state index is 14.6. The summed E-state index contributed by atoms with van der Waals surface area (Å²) in [5, 5.41) is 14.5. The molecule has 24 heavy (non-hydrogen) atoms. The molecule has 3 aromatic rings. The van der Waals surface area contributed by atoms with Crippen LogP contribution in [0.15, 0.2) is 28.5 Å². The molecule has 8 heteroatoms. The number of aromatic nitrogens is 1. The SMILES string of the molecule is O=C(O)c1c(=O)c2c(N3CCNCC3)c(F)ccc2n2ccsc12. The summed E-state index contributed by atoms with van der Waals surface area (Å²) in [6.45, 7) is 2.49. The number of anilines is 1. The van der Waals surface area contributed by atoms with Gasteiger partial charge in [-0.05, 0) is 12.1 Å². The number of thiazole rings is 1. The van der Waals surface area contributed by atoms with E-state index in [0.717, 1.165) is 0 Å². The Balaban J connectivity index is 2.16. The molecule has 4 rings (SSSR count). The lowest BCUT2D eigenvalue weighted by molar-refractivity contribution is 0.0697. The van der Waals surface area contributed by atoms with E-state index in [1.54, 1.807) is 20.9 Å². The number of hydrogen-bond donors (Lipinski definition) is 2. The number of carboxylic acids is 1. The van der Waals surface area contributed by atoms with E-state index in [9.17, 15) is 19.1 Å². The molecule has 0 amide bonds. The van der Waals surface area contributed by atoms with Crippen LogP contribution < -0.4 is 15.6 Å². The Morgan fingerprint density at radius 1 is 1.29 bits per heavy atom. The van der Waals surface area contributed by atoms with Gasteiger partial charge in [0.1, 0.15) is 16.2 Å². The number of nitrogens with zero attached hydrogens (tertiary/aromatic N) is 2. The Bertz CT molecular complexity index is 1020. The standard InChI is InChI=1S/C16H14FN3O3S/c17-9-1-2-10-11(13(9)19-5-3-18-4-6-19)14(21)12(16(22)23)15-20(10)7-8-24-15/h1-2,7-8,18H,3-6H2,(H,22,23). The fourth-order valence-electron chi connectivity index (χ4n) is 3.24. The average molecular weight is 347 g/mol. The van der Waals surface area contributed by atoms with E-state index in [-0.39, 0.29) is 16.6 Å².